The highest BCUT2D eigenvalue weighted by molar-refractivity contribution is 5.81. The Morgan fingerprint density at radius 1 is 1.31 bits per heavy atom. The van der Waals surface area contributed by atoms with Crippen molar-refractivity contribution >= 4 is 5.97 Å². The normalized spacial score (nSPS) is 9.69. The predicted octanol–water partition coefficient (Wildman–Crippen LogP) is 1.54. The molecule has 0 bridgehead atoms. The van der Waals surface area contributed by atoms with E-state index in [2.05, 4.69) is 0 Å². The summed E-state index contributed by atoms with van der Waals surface area (Å²) >= 11 is 0. The first-order valence-electron chi connectivity index (χ1n) is 4.58. The lowest BCUT2D eigenvalue weighted by Gasteiger charge is -2.11. The van der Waals surface area contributed by atoms with Gasteiger partial charge in [0.1, 0.15) is 5.75 Å². The van der Waals surface area contributed by atoms with Gasteiger partial charge in [-0.3, -0.25) is 4.79 Å². The minimum Gasteiger partial charge on any atom is -0.504 e. The number of rotatable bonds is 4. The van der Waals surface area contributed by atoms with E-state index in [9.17, 15) is 9.90 Å². The van der Waals surface area contributed by atoms with Gasteiger partial charge in [-0.05, 0) is 0 Å². The lowest BCUT2D eigenvalue weighted by atomic mass is 10.2. The molecule has 0 atom stereocenters. The zero-order chi connectivity index (χ0) is 12.1. The molecule has 5 nitrogen and oxygen atoms in total. The molecule has 0 amide bonds. The molecule has 0 aliphatic rings. The van der Waals surface area contributed by atoms with Crippen LogP contribution in [0, 0.1) is 6.42 Å². The summed E-state index contributed by atoms with van der Waals surface area (Å²) in [5.41, 5.74) is 0. The third kappa shape index (κ3) is 2.56. The van der Waals surface area contributed by atoms with E-state index in [0.717, 1.165) is 0 Å². The first-order valence-corrected chi connectivity index (χ1v) is 4.58. The number of carbonyl (C=O) groups is 1. The summed E-state index contributed by atoms with van der Waals surface area (Å²) in [4.78, 5) is 11.1. The van der Waals surface area contributed by atoms with Crippen LogP contribution in [0.25, 0.3) is 0 Å². The smallest absolute Gasteiger partial charge is 0.315 e. The summed E-state index contributed by atoms with van der Waals surface area (Å²) in [7, 11) is 2.81. The van der Waals surface area contributed by atoms with Crippen molar-refractivity contribution in [3.8, 4) is 23.0 Å². The van der Waals surface area contributed by atoms with Crippen LogP contribution in [0.2, 0.25) is 0 Å². The number of hydrogen-bond acceptors (Lipinski definition) is 5. The van der Waals surface area contributed by atoms with Gasteiger partial charge in [-0.15, -0.1) is 0 Å². The number of aromatic hydroxyl groups is 1. The Hall–Kier alpha value is -1.91. The largest absolute Gasteiger partial charge is 0.504 e. The number of phenolic OH excluding ortho intramolecular Hbond substituents is 1. The minimum absolute atomic E-state index is 0.0935. The van der Waals surface area contributed by atoms with Crippen molar-refractivity contribution in [2.45, 2.75) is 6.92 Å². The fraction of sp³-hybridized carbons (Fsp3) is 0.273. The van der Waals surface area contributed by atoms with Crippen molar-refractivity contribution in [1.82, 2.24) is 0 Å². The fourth-order valence-electron chi connectivity index (χ4n) is 1.13. The van der Waals surface area contributed by atoms with Crippen molar-refractivity contribution in [3.05, 3.63) is 18.6 Å². The van der Waals surface area contributed by atoms with Crippen LogP contribution in [0.3, 0.4) is 0 Å². The van der Waals surface area contributed by atoms with Gasteiger partial charge in [0.2, 0.25) is 5.75 Å². The number of benzene rings is 1. The van der Waals surface area contributed by atoms with Crippen LogP contribution in [-0.2, 0) is 4.79 Å². The second-order valence-electron chi connectivity index (χ2n) is 2.89. The molecule has 0 saturated heterocycles. The second kappa shape index (κ2) is 5.25. The molecule has 16 heavy (non-hydrogen) atoms. The molecule has 0 aliphatic heterocycles. The topological polar surface area (TPSA) is 65.0 Å². The standard InChI is InChI=1S/C11H13O5/c1-4-10(13)16-9-6-7(14-2)5-8(12)11(9)15-3/h4-6,12H,1-3H3. The average Bonchev–Trinajstić information content (AvgIpc) is 2.28. The number of ether oxygens (including phenoxy) is 3. The number of esters is 1. The van der Waals surface area contributed by atoms with Gasteiger partial charge >= 0.3 is 5.97 Å². The van der Waals surface area contributed by atoms with Crippen LogP contribution < -0.4 is 14.2 Å². The zero-order valence-electron chi connectivity index (χ0n) is 9.31. The Balaban J connectivity index is 3.12. The molecule has 0 spiro atoms. The van der Waals surface area contributed by atoms with Gasteiger partial charge in [-0.1, -0.05) is 6.92 Å². The van der Waals surface area contributed by atoms with E-state index < -0.39 is 5.97 Å². The summed E-state index contributed by atoms with van der Waals surface area (Å²) < 4.78 is 14.8. The summed E-state index contributed by atoms with van der Waals surface area (Å²) in [6, 6.07) is 2.83. The van der Waals surface area contributed by atoms with E-state index in [-0.39, 0.29) is 17.2 Å². The van der Waals surface area contributed by atoms with E-state index in [1.54, 1.807) is 6.92 Å². The van der Waals surface area contributed by atoms with Crippen molar-refractivity contribution in [2.24, 2.45) is 0 Å². The van der Waals surface area contributed by atoms with Crippen LogP contribution in [0.4, 0.5) is 0 Å². The highest BCUT2D eigenvalue weighted by Gasteiger charge is 2.15. The molecule has 1 aromatic rings. The number of carbonyl (C=O) groups excluding carboxylic acids is 1. The fourth-order valence-corrected chi connectivity index (χ4v) is 1.13. The monoisotopic (exact) mass is 225 g/mol. The number of hydrogen-bond donors (Lipinski definition) is 1. The summed E-state index contributed by atoms with van der Waals surface area (Å²) in [5.74, 6) is -0.109. The van der Waals surface area contributed by atoms with E-state index in [1.165, 1.54) is 32.8 Å². The highest BCUT2D eigenvalue weighted by Crippen LogP contribution is 2.40. The maximum Gasteiger partial charge on any atom is 0.315 e. The first-order chi connectivity index (χ1) is 7.62. The van der Waals surface area contributed by atoms with Gasteiger partial charge in [0.25, 0.3) is 0 Å². The Morgan fingerprint density at radius 3 is 2.50 bits per heavy atom. The van der Waals surface area contributed by atoms with Gasteiger partial charge < -0.3 is 19.3 Å². The van der Waals surface area contributed by atoms with Gasteiger partial charge in [-0.25, -0.2) is 0 Å². The molecule has 1 rings (SSSR count). The van der Waals surface area contributed by atoms with Crippen molar-refractivity contribution in [3.63, 3.8) is 0 Å². The summed E-state index contributed by atoms with van der Waals surface area (Å²) in [6.45, 7) is 1.55. The molecular weight excluding hydrogens is 212 g/mol. The molecular formula is C11H13O5. The van der Waals surface area contributed by atoms with Crippen LogP contribution in [-0.4, -0.2) is 25.3 Å². The highest BCUT2D eigenvalue weighted by atomic mass is 16.6. The Kier molecular flexibility index (Phi) is 3.99. The SMILES string of the molecule is C[CH]C(=O)Oc1cc(OC)cc(O)c1OC. The second-order valence-corrected chi connectivity index (χ2v) is 2.89. The van der Waals surface area contributed by atoms with Crippen LogP contribution in [0.15, 0.2) is 12.1 Å². The molecule has 1 radical (unpaired) electrons. The van der Waals surface area contributed by atoms with Gasteiger partial charge in [0.15, 0.2) is 11.5 Å². The molecule has 1 N–H and O–H groups in total. The molecule has 5 heteroatoms. The quantitative estimate of drug-likeness (QED) is 0.622. The van der Waals surface area contributed by atoms with E-state index in [4.69, 9.17) is 14.2 Å². The molecule has 1 aromatic carbocycles. The predicted molar refractivity (Wildman–Crippen MR) is 56.8 cm³/mol. The van der Waals surface area contributed by atoms with E-state index in [0.29, 0.717) is 5.75 Å². The Morgan fingerprint density at radius 2 is 2.00 bits per heavy atom. The third-order valence-electron chi connectivity index (χ3n) is 1.89. The molecule has 0 fully saturated rings. The van der Waals surface area contributed by atoms with Crippen molar-refractivity contribution in [2.75, 3.05) is 14.2 Å². The van der Waals surface area contributed by atoms with Gasteiger partial charge in [0.05, 0.1) is 20.6 Å². The van der Waals surface area contributed by atoms with Crippen molar-refractivity contribution < 1.29 is 24.1 Å². The van der Waals surface area contributed by atoms with Gasteiger partial charge in [0, 0.05) is 12.1 Å². The van der Waals surface area contributed by atoms with Crippen LogP contribution in [0.5, 0.6) is 23.0 Å². The summed E-state index contributed by atoms with van der Waals surface area (Å²) in [5, 5.41) is 9.58. The molecule has 0 aromatic heterocycles. The zero-order valence-corrected chi connectivity index (χ0v) is 9.31. The molecule has 0 heterocycles. The Labute approximate surface area is 93.6 Å². The van der Waals surface area contributed by atoms with Crippen molar-refractivity contribution in [1.29, 1.82) is 0 Å². The number of methoxy groups -OCH3 is 2. The molecule has 0 unspecified atom stereocenters. The average molecular weight is 225 g/mol. The first kappa shape index (κ1) is 12.2. The lowest BCUT2D eigenvalue weighted by Crippen LogP contribution is -2.07. The molecule has 87 valence electrons. The van der Waals surface area contributed by atoms with E-state index in [1.807, 2.05) is 0 Å². The third-order valence-corrected chi connectivity index (χ3v) is 1.89. The summed E-state index contributed by atoms with van der Waals surface area (Å²) in [6.07, 6.45) is 1.26. The molecule has 0 saturated carbocycles. The molecule has 0 aliphatic carbocycles. The Bertz CT molecular complexity index is 386. The van der Waals surface area contributed by atoms with Crippen LogP contribution in [0.1, 0.15) is 6.92 Å². The van der Waals surface area contributed by atoms with Crippen LogP contribution >= 0.6 is 0 Å². The maximum absolute atomic E-state index is 11.1. The minimum atomic E-state index is -0.536. The van der Waals surface area contributed by atoms with E-state index >= 15 is 0 Å². The number of phenols is 1. The van der Waals surface area contributed by atoms with Gasteiger partial charge in [-0.2, -0.15) is 0 Å². The maximum atomic E-state index is 11.1. The lowest BCUT2D eigenvalue weighted by molar-refractivity contribution is -0.130.